The number of carbonyl (C=O) groups is 2. The highest BCUT2D eigenvalue weighted by Gasteiger charge is 2.23. The van der Waals surface area contributed by atoms with Crippen molar-refractivity contribution in [3.05, 3.63) is 92.3 Å². The fraction of sp³-hybridized carbons (Fsp3) is 0.192. The Bertz CT molecular complexity index is 1890. The number of nitrogens with two attached hydrogens (primary N) is 1. The number of amides is 2. The number of hydrogen-bond acceptors (Lipinski definition) is 8. The van der Waals surface area contributed by atoms with E-state index in [9.17, 15) is 19.2 Å². The average Bonchev–Trinajstić information content (AvgIpc) is 3.53. The fourth-order valence-corrected chi connectivity index (χ4v) is 4.97. The van der Waals surface area contributed by atoms with Crippen LogP contribution in [0.3, 0.4) is 0 Å². The monoisotopic (exact) mass is 559 g/mol. The van der Waals surface area contributed by atoms with Gasteiger partial charge in [0.2, 0.25) is 5.91 Å². The van der Waals surface area contributed by atoms with Gasteiger partial charge in [-0.25, -0.2) is 9.78 Å². The number of thioether (sulfide) groups is 1. The molecule has 0 unspecified atom stereocenters. The predicted molar refractivity (Wildman–Crippen MR) is 150 cm³/mol. The first-order valence-electron chi connectivity index (χ1n) is 12.1. The molecule has 0 saturated carbocycles. The van der Waals surface area contributed by atoms with Crippen LogP contribution in [-0.4, -0.2) is 51.2 Å². The van der Waals surface area contributed by atoms with Crippen LogP contribution in [0.25, 0.3) is 16.9 Å². The molecule has 0 aliphatic heterocycles. The van der Waals surface area contributed by atoms with Crippen LogP contribution in [-0.2, 0) is 25.4 Å². The van der Waals surface area contributed by atoms with E-state index >= 15 is 0 Å². The summed E-state index contributed by atoms with van der Waals surface area (Å²) in [5, 5.41) is 11.3. The Morgan fingerprint density at radius 1 is 0.975 bits per heavy atom. The van der Waals surface area contributed by atoms with Crippen molar-refractivity contribution in [1.82, 2.24) is 33.7 Å². The second-order valence-electron chi connectivity index (χ2n) is 9.01. The summed E-state index contributed by atoms with van der Waals surface area (Å²) in [6, 6.07) is 16.6. The van der Waals surface area contributed by atoms with E-state index in [1.807, 2.05) is 37.3 Å². The number of fused-ring (bicyclic) bond motifs is 1. The van der Waals surface area contributed by atoms with Crippen molar-refractivity contribution in [2.24, 2.45) is 19.8 Å². The van der Waals surface area contributed by atoms with Gasteiger partial charge in [-0.1, -0.05) is 54.2 Å². The molecule has 3 N–H and O–H groups in total. The lowest BCUT2D eigenvalue weighted by molar-refractivity contribution is -0.113. The molecule has 0 saturated heterocycles. The maximum absolute atomic E-state index is 13.1. The van der Waals surface area contributed by atoms with Gasteiger partial charge in [0.15, 0.2) is 27.8 Å². The normalized spacial score (nSPS) is 11.2. The van der Waals surface area contributed by atoms with E-state index in [2.05, 4.69) is 20.5 Å². The summed E-state index contributed by atoms with van der Waals surface area (Å²) in [5.74, 6) is -1.56. The van der Waals surface area contributed by atoms with Crippen molar-refractivity contribution in [3.8, 4) is 5.69 Å². The molecule has 0 aliphatic rings. The third kappa shape index (κ3) is 4.91. The number of hydrogen-bond donors (Lipinski definition) is 2. The van der Waals surface area contributed by atoms with Crippen LogP contribution >= 0.6 is 11.8 Å². The molecule has 0 fully saturated rings. The average molecular weight is 560 g/mol. The number of primary amides is 1. The lowest BCUT2D eigenvalue weighted by Crippen LogP contribution is -2.37. The molecule has 0 bridgehead atoms. The Balaban J connectivity index is 1.46. The van der Waals surface area contributed by atoms with Crippen LogP contribution in [0.15, 0.2) is 69.3 Å². The Morgan fingerprint density at radius 3 is 2.38 bits per heavy atom. The molecule has 2 amide bonds. The number of aryl methyl sites for hydroxylation is 2. The van der Waals surface area contributed by atoms with Gasteiger partial charge >= 0.3 is 5.69 Å². The summed E-state index contributed by atoms with van der Waals surface area (Å²) in [6.07, 6.45) is 0. The lowest BCUT2D eigenvalue weighted by atomic mass is 10.1. The Labute approximate surface area is 231 Å². The SMILES string of the molecule is Cc1ccccc1Cn1c(SCC(=O)Nc2nn(-c3ccccc3)nc2C(N)=O)nc2c1c(=O)n(C)c(=O)n2C. The first-order chi connectivity index (χ1) is 19.2. The fourth-order valence-electron chi connectivity index (χ4n) is 4.17. The van der Waals surface area contributed by atoms with Gasteiger partial charge in [0, 0.05) is 14.1 Å². The molecule has 40 heavy (non-hydrogen) atoms. The number of imidazole rings is 1. The van der Waals surface area contributed by atoms with Gasteiger partial charge in [-0.2, -0.15) is 0 Å². The van der Waals surface area contributed by atoms with Gasteiger partial charge in [0.25, 0.3) is 11.5 Å². The number of aromatic nitrogens is 7. The molecule has 13 nitrogen and oxygen atoms in total. The molecule has 0 aliphatic carbocycles. The minimum absolute atomic E-state index is 0.0772. The molecule has 5 rings (SSSR count). The molecule has 14 heteroatoms. The maximum Gasteiger partial charge on any atom is 0.332 e. The molecule has 3 heterocycles. The largest absolute Gasteiger partial charge is 0.364 e. The molecule has 0 radical (unpaired) electrons. The molecule has 0 spiro atoms. The van der Waals surface area contributed by atoms with E-state index in [1.165, 1.54) is 23.5 Å². The van der Waals surface area contributed by atoms with E-state index in [0.717, 1.165) is 27.5 Å². The van der Waals surface area contributed by atoms with Crippen molar-refractivity contribution in [2.75, 3.05) is 11.1 Å². The van der Waals surface area contributed by atoms with Crippen LogP contribution in [0.2, 0.25) is 0 Å². The summed E-state index contributed by atoms with van der Waals surface area (Å²) in [6.45, 7) is 2.26. The third-order valence-electron chi connectivity index (χ3n) is 6.33. The Kier molecular flexibility index (Phi) is 7.09. The van der Waals surface area contributed by atoms with E-state index in [-0.39, 0.29) is 28.4 Å². The standard InChI is InChI=1S/C26H25N9O4S/c1-15-9-7-8-10-16(15)13-34-20-23(32(2)26(39)33(3)24(20)38)29-25(34)40-14-18(36)28-22-19(21(27)37)30-35(31-22)17-11-5-4-6-12-17/h4-12H,13-14H2,1-3H3,(H2,27,37)(H,28,31,36). The minimum atomic E-state index is -0.845. The van der Waals surface area contributed by atoms with Crippen molar-refractivity contribution in [2.45, 2.75) is 18.6 Å². The predicted octanol–water partition coefficient (Wildman–Crippen LogP) is 1.20. The number of anilines is 1. The summed E-state index contributed by atoms with van der Waals surface area (Å²) in [4.78, 5) is 56.4. The molecule has 3 aromatic heterocycles. The molecule has 2 aromatic carbocycles. The Morgan fingerprint density at radius 2 is 1.68 bits per heavy atom. The van der Waals surface area contributed by atoms with Gasteiger partial charge in [0.05, 0.1) is 18.0 Å². The zero-order valence-corrected chi connectivity index (χ0v) is 22.7. The van der Waals surface area contributed by atoms with Crippen LogP contribution in [0.4, 0.5) is 5.82 Å². The highest BCUT2D eigenvalue weighted by molar-refractivity contribution is 7.99. The number of nitrogens with one attached hydrogen (secondary N) is 1. The maximum atomic E-state index is 13.1. The van der Waals surface area contributed by atoms with E-state index in [1.54, 1.807) is 28.8 Å². The van der Waals surface area contributed by atoms with Crippen molar-refractivity contribution >= 4 is 40.6 Å². The highest BCUT2D eigenvalue weighted by Crippen LogP contribution is 2.24. The molecule has 0 atom stereocenters. The zero-order valence-electron chi connectivity index (χ0n) is 21.9. The van der Waals surface area contributed by atoms with Crippen molar-refractivity contribution in [1.29, 1.82) is 0 Å². The van der Waals surface area contributed by atoms with Crippen LogP contribution in [0.1, 0.15) is 21.6 Å². The number of carbonyl (C=O) groups excluding carboxylic acids is 2. The number of benzene rings is 2. The van der Waals surface area contributed by atoms with Crippen LogP contribution < -0.4 is 22.3 Å². The number of para-hydroxylation sites is 1. The Hall–Kier alpha value is -4.98. The van der Waals surface area contributed by atoms with Gasteiger partial charge in [-0.05, 0) is 30.2 Å². The smallest absolute Gasteiger partial charge is 0.332 e. The van der Waals surface area contributed by atoms with Gasteiger partial charge in [-0.3, -0.25) is 23.5 Å². The van der Waals surface area contributed by atoms with Gasteiger partial charge in [-0.15, -0.1) is 15.0 Å². The molecule has 204 valence electrons. The van der Waals surface area contributed by atoms with E-state index in [0.29, 0.717) is 17.4 Å². The first kappa shape index (κ1) is 26.6. The van der Waals surface area contributed by atoms with E-state index in [4.69, 9.17) is 5.73 Å². The third-order valence-corrected chi connectivity index (χ3v) is 7.30. The number of nitrogens with zero attached hydrogens (tertiary/aromatic N) is 7. The lowest BCUT2D eigenvalue weighted by Gasteiger charge is -2.11. The van der Waals surface area contributed by atoms with Crippen LogP contribution in [0.5, 0.6) is 0 Å². The van der Waals surface area contributed by atoms with Gasteiger partial charge in [0.1, 0.15) is 0 Å². The molecular weight excluding hydrogens is 534 g/mol. The second-order valence-corrected chi connectivity index (χ2v) is 9.95. The second kappa shape index (κ2) is 10.6. The summed E-state index contributed by atoms with van der Waals surface area (Å²) >= 11 is 1.08. The molecular formula is C26H25N9O4S. The molecule has 5 aromatic rings. The highest BCUT2D eigenvalue weighted by atomic mass is 32.2. The summed E-state index contributed by atoms with van der Waals surface area (Å²) < 4.78 is 4.04. The first-order valence-corrected chi connectivity index (χ1v) is 13.1. The quantitative estimate of drug-likeness (QED) is 0.268. The van der Waals surface area contributed by atoms with Crippen molar-refractivity contribution in [3.63, 3.8) is 0 Å². The summed E-state index contributed by atoms with van der Waals surface area (Å²) in [7, 11) is 2.95. The van der Waals surface area contributed by atoms with Gasteiger partial charge < -0.3 is 15.6 Å². The number of rotatable bonds is 8. The van der Waals surface area contributed by atoms with Crippen molar-refractivity contribution < 1.29 is 9.59 Å². The minimum Gasteiger partial charge on any atom is -0.364 e. The topological polar surface area (TPSA) is 165 Å². The van der Waals surface area contributed by atoms with Crippen LogP contribution in [0, 0.1) is 6.92 Å². The van der Waals surface area contributed by atoms with E-state index < -0.39 is 23.1 Å². The summed E-state index contributed by atoms with van der Waals surface area (Å²) in [5.41, 5.74) is 7.29. The zero-order chi connectivity index (χ0) is 28.6.